The van der Waals surface area contributed by atoms with Gasteiger partial charge in [0.25, 0.3) is 0 Å². The van der Waals surface area contributed by atoms with Gasteiger partial charge in [-0.15, -0.1) is 0 Å². The SMILES string of the molecule is CCc1ccccc1OCc1ccc(CNC)cc1Br. The van der Waals surface area contributed by atoms with Gasteiger partial charge < -0.3 is 10.1 Å². The van der Waals surface area contributed by atoms with Crippen LogP contribution in [0.25, 0.3) is 0 Å². The molecule has 0 aromatic heterocycles. The molecule has 2 rings (SSSR count). The first-order chi connectivity index (χ1) is 9.74. The number of benzene rings is 2. The van der Waals surface area contributed by atoms with Crippen LogP contribution in [0, 0.1) is 0 Å². The average molecular weight is 334 g/mol. The van der Waals surface area contributed by atoms with E-state index in [1.807, 2.05) is 25.2 Å². The van der Waals surface area contributed by atoms with Gasteiger partial charge in [0.15, 0.2) is 0 Å². The van der Waals surface area contributed by atoms with Gasteiger partial charge in [-0.25, -0.2) is 0 Å². The summed E-state index contributed by atoms with van der Waals surface area (Å²) in [6.07, 6.45) is 0.985. The van der Waals surface area contributed by atoms with E-state index in [9.17, 15) is 0 Å². The molecule has 0 heterocycles. The Labute approximate surface area is 129 Å². The molecule has 1 N–H and O–H groups in total. The van der Waals surface area contributed by atoms with Crippen molar-refractivity contribution in [1.29, 1.82) is 0 Å². The molecule has 0 aliphatic heterocycles. The van der Waals surface area contributed by atoms with Crippen molar-refractivity contribution in [2.24, 2.45) is 0 Å². The molecule has 0 unspecified atom stereocenters. The lowest BCUT2D eigenvalue weighted by molar-refractivity contribution is 0.302. The van der Waals surface area contributed by atoms with Gasteiger partial charge >= 0.3 is 0 Å². The Kier molecular flexibility index (Phi) is 5.62. The summed E-state index contributed by atoms with van der Waals surface area (Å²) < 4.78 is 7.05. The van der Waals surface area contributed by atoms with E-state index in [1.165, 1.54) is 11.1 Å². The second kappa shape index (κ2) is 7.46. The molecule has 2 aromatic carbocycles. The number of rotatable bonds is 6. The Bertz CT molecular complexity index is 569. The van der Waals surface area contributed by atoms with Crippen molar-refractivity contribution in [3.05, 3.63) is 63.6 Å². The van der Waals surface area contributed by atoms with Crippen LogP contribution in [0.15, 0.2) is 46.9 Å². The fourth-order valence-corrected chi connectivity index (χ4v) is 2.65. The maximum Gasteiger partial charge on any atom is 0.122 e. The minimum absolute atomic E-state index is 0.581. The summed E-state index contributed by atoms with van der Waals surface area (Å²) in [5.41, 5.74) is 3.67. The van der Waals surface area contributed by atoms with Gasteiger partial charge in [0.05, 0.1) is 0 Å². The number of ether oxygens (including phenoxy) is 1. The predicted molar refractivity (Wildman–Crippen MR) is 87.1 cm³/mol. The Balaban J connectivity index is 2.07. The minimum Gasteiger partial charge on any atom is -0.489 e. The lowest BCUT2D eigenvalue weighted by Gasteiger charge is -2.12. The van der Waals surface area contributed by atoms with Gasteiger partial charge in [0.2, 0.25) is 0 Å². The lowest BCUT2D eigenvalue weighted by Crippen LogP contribution is -2.05. The third-order valence-corrected chi connectivity index (χ3v) is 3.97. The predicted octanol–water partition coefficient (Wildman–Crippen LogP) is 4.31. The monoisotopic (exact) mass is 333 g/mol. The van der Waals surface area contributed by atoms with Crippen LogP contribution in [0.3, 0.4) is 0 Å². The second-order valence-corrected chi connectivity index (χ2v) is 5.56. The molecule has 2 aromatic rings. The fraction of sp³-hybridized carbons (Fsp3) is 0.294. The summed E-state index contributed by atoms with van der Waals surface area (Å²) in [7, 11) is 1.95. The van der Waals surface area contributed by atoms with E-state index >= 15 is 0 Å². The Morgan fingerprint density at radius 2 is 1.90 bits per heavy atom. The Morgan fingerprint density at radius 3 is 2.60 bits per heavy atom. The van der Waals surface area contributed by atoms with Crippen molar-refractivity contribution in [2.75, 3.05) is 7.05 Å². The average Bonchev–Trinajstić information content (AvgIpc) is 2.47. The highest BCUT2D eigenvalue weighted by molar-refractivity contribution is 9.10. The zero-order valence-electron chi connectivity index (χ0n) is 11.9. The van der Waals surface area contributed by atoms with Gasteiger partial charge in [0.1, 0.15) is 12.4 Å². The van der Waals surface area contributed by atoms with Crippen LogP contribution in [-0.2, 0) is 19.6 Å². The van der Waals surface area contributed by atoms with Crippen molar-refractivity contribution in [2.45, 2.75) is 26.5 Å². The Morgan fingerprint density at radius 1 is 1.10 bits per heavy atom. The molecule has 0 aliphatic carbocycles. The van der Waals surface area contributed by atoms with Crippen LogP contribution in [0.1, 0.15) is 23.6 Å². The first-order valence-corrected chi connectivity index (χ1v) is 7.66. The molecule has 20 heavy (non-hydrogen) atoms. The van der Waals surface area contributed by atoms with Gasteiger partial charge in [-0.1, -0.05) is 53.2 Å². The number of aryl methyl sites for hydroxylation is 1. The zero-order valence-corrected chi connectivity index (χ0v) is 13.5. The quantitative estimate of drug-likeness (QED) is 0.850. The van der Waals surface area contributed by atoms with Crippen LogP contribution >= 0.6 is 15.9 Å². The maximum atomic E-state index is 5.95. The van der Waals surface area contributed by atoms with E-state index in [1.54, 1.807) is 0 Å². The third-order valence-electron chi connectivity index (χ3n) is 3.24. The zero-order chi connectivity index (χ0) is 14.4. The summed E-state index contributed by atoms with van der Waals surface area (Å²) >= 11 is 3.62. The van der Waals surface area contributed by atoms with E-state index in [0.717, 1.165) is 28.8 Å². The molecule has 0 amide bonds. The van der Waals surface area contributed by atoms with Crippen LogP contribution in [-0.4, -0.2) is 7.05 Å². The summed E-state index contributed by atoms with van der Waals surface area (Å²) in [5, 5.41) is 3.15. The van der Waals surface area contributed by atoms with Crippen molar-refractivity contribution in [3.8, 4) is 5.75 Å². The highest BCUT2D eigenvalue weighted by atomic mass is 79.9. The van der Waals surface area contributed by atoms with Gasteiger partial charge in [-0.05, 0) is 36.7 Å². The number of hydrogen-bond donors (Lipinski definition) is 1. The van der Waals surface area contributed by atoms with Crippen LogP contribution in [0.4, 0.5) is 0 Å². The molecular formula is C17H20BrNO. The van der Waals surface area contributed by atoms with E-state index < -0.39 is 0 Å². The van der Waals surface area contributed by atoms with E-state index in [0.29, 0.717) is 6.61 Å². The topological polar surface area (TPSA) is 21.3 Å². The molecule has 0 bridgehead atoms. The molecule has 0 radical (unpaired) electrons. The number of para-hydroxylation sites is 1. The van der Waals surface area contributed by atoms with Crippen molar-refractivity contribution in [3.63, 3.8) is 0 Å². The van der Waals surface area contributed by atoms with E-state index in [4.69, 9.17) is 4.74 Å². The third kappa shape index (κ3) is 3.84. The Hall–Kier alpha value is -1.32. The molecule has 2 nitrogen and oxygen atoms in total. The summed E-state index contributed by atoms with van der Waals surface area (Å²) in [4.78, 5) is 0. The number of halogens is 1. The number of nitrogens with one attached hydrogen (secondary N) is 1. The highest BCUT2D eigenvalue weighted by Gasteiger charge is 2.05. The molecule has 106 valence electrons. The molecule has 0 saturated carbocycles. The number of hydrogen-bond acceptors (Lipinski definition) is 2. The molecule has 0 aliphatic rings. The molecule has 0 saturated heterocycles. The van der Waals surface area contributed by atoms with Crippen LogP contribution < -0.4 is 10.1 Å². The van der Waals surface area contributed by atoms with Crippen molar-refractivity contribution < 1.29 is 4.74 Å². The highest BCUT2D eigenvalue weighted by Crippen LogP contribution is 2.23. The largest absolute Gasteiger partial charge is 0.489 e. The lowest BCUT2D eigenvalue weighted by atomic mass is 10.1. The first kappa shape index (κ1) is 15.1. The standard InChI is InChI=1S/C17H20BrNO/c1-3-14-6-4-5-7-17(14)20-12-15-9-8-13(11-19-2)10-16(15)18/h4-10,19H,3,11-12H2,1-2H3. The van der Waals surface area contributed by atoms with E-state index in [-0.39, 0.29) is 0 Å². The van der Waals surface area contributed by atoms with Gasteiger partial charge in [0, 0.05) is 16.6 Å². The molecule has 0 atom stereocenters. The summed E-state index contributed by atoms with van der Waals surface area (Å²) in [6.45, 7) is 3.60. The van der Waals surface area contributed by atoms with Crippen molar-refractivity contribution >= 4 is 15.9 Å². The smallest absolute Gasteiger partial charge is 0.122 e. The van der Waals surface area contributed by atoms with Crippen LogP contribution in [0.5, 0.6) is 5.75 Å². The molecule has 0 fully saturated rings. The maximum absolute atomic E-state index is 5.95. The van der Waals surface area contributed by atoms with Crippen LogP contribution in [0.2, 0.25) is 0 Å². The summed E-state index contributed by atoms with van der Waals surface area (Å²) in [6, 6.07) is 14.6. The van der Waals surface area contributed by atoms with Crippen molar-refractivity contribution in [1.82, 2.24) is 5.32 Å². The first-order valence-electron chi connectivity index (χ1n) is 6.87. The normalized spacial score (nSPS) is 10.6. The van der Waals surface area contributed by atoms with Gasteiger partial charge in [-0.2, -0.15) is 0 Å². The molecular weight excluding hydrogens is 314 g/mol. The summed E-state index contributed by atoms with van der Waals surface area (Å²) in [5.74, 6) is 0.973. The second-order valence-electron chi connectivity index (χ2n) is 4.71. The van der Waals surface area contributed by atoms with Gasteiger partial charge in [-0.3, -0.25) is 0 Å². The fourth-order valence-electron chi connectivity index (χ4n) is 2.11. The van der Waals surface area contributed by atoms with E-state index in [2.05, 4.69) is 52.4 Å². The minimum atomic E-state index is 0.581. The molecule has 3 heteroatoms. The molecule has 0 spiro atoms.